The largest absolute Gasteiger partial charge is 0.497 e. The van der Waals surface area contributed by atoms with Gasteiger partial charge in [-0.3, -0.25) is 14.3 Å². The van der Waals surface area contributed by atoms with Crippen LogP contribution in [0.2, 0.25) is 5.02 Å². The second kappa shape index (κ2) is 9.05. The number of thioether (sulfide) groups is 1. The van der Waals surface area contributed by atoms with Crippen LogP contribution in [0.1, 0.15) is 5.82 Å². The highest BCUT2D eigenvalue weighted by molar-refractivity contribution is 7.98. The molecule has 3 heterocycles. The molecule has 0 aliphatic heterocycles. The highest BCUT2D eigenvalue weighted by atomic mass is 35.5. The Morgan fingerprint density at radius 2 is 1.85 bits per heavy atom. The van der Waals surface area contributed by atoms with Crippen molar-refractivity contribution in [3.05, 3.63) is 88.2 Å². The minimum atomic E-state index is -0.207. The summed E-state index contributed by atoms with van der Waals surface area (Å²) in [6.07, 6.45) is 3.42. The maximum Gasteiger partial charge on any atom is 0.258 e. The van der Waals surface area contributed by atoms with Crippen molar-refractivity contribution in [3.63, 3.8) is 0 Å². The molecule has 0 aliphatic rings. The Morgan fingerprint density at radius 3 is 2.61 bits per heavy atom. The van der Waals surface area contributed by atoms with E-state index in [2.05, 4.69) is 25.1 Å². The van der Waals surface area contributed by atoms with E-state index in [0.29, 0.717) is 38.5 Å². The van der Waals surface area contributed by atoms with E-state index in [0.717, 1.165) is 17.0 Å². The number of methoxy groups -OCH3 is 1. The summed E-state index contributed by atoms with van der Waals surface area (Å²) >= 11 is 7.49. The van der Waals surface area contributed by atoms with Crippen molar-refractivity contribution >= 4 is 34.3 Å². The molecule has 0 aliphatic carbocycles. The number of aromatic amines is 1. The molecule has 0 bridgehead atoms. The minimum absolute atomic E-state index is 0.207. The SMILES string of the molecule is COc1ccc(-n2c(SCc3nc4cc(Cl)ccc4c(=O)[nH]3)nnc2-c2ccncc2)cc1. The van der Waals surface area contributed by atoms with Crippen LogP contribution in [0.15, 0.2) is 76.9 Å². The summed E-state index contributed by atoms with van der Waals surface area (Å²) in [6.45, 7) is 0. The molecule has 2 aromatic carbocycles. The third-order valence-corrected chi connectivity index (χ3v) is 6.13. The molecule has 0 atom stereocenters. The predicted molar refractivity (Wildman–Crippen MR) is 128 cm³/mol. The summed E-state index contributed by atoms with van der Waals surface area (Å²) in [7, 11) is 1.63. The smallest absolute Gasteiger partial charge is 0.258 e. The molecule has 5 rings (SSSR count). The van der Waals surface area contributed by atoms with Gasteiger partial charge in [0.2, 0.25) is 0 Å². The summed E-state index contributed by atoms with van der Waals surface area (Å²) in [6, 6.07) is 16.4. The van der Waals surface area contributed by atoms with E-state index in [-0.39, 0.29) is 5.56 Å². The van der Waals surface area contributed by atoms with Crippen molar-refractivity contribution in [2.45, 2.75) is 10.9 Å². The standard InChI is InChI=1S/C23H17ClN6O2S/c1-32-17-5-3-16(4-6-17)30-21(14-8-10-25-11-9-14)28-29-23(30)33-13-20-26-19-12-15(24)2-7-18(19)22(31)27-20/h2-12H,13H2,1H3,(H,26,27,31). The molecule has 164 valence electrons. The van der Waals surface area contributed by atoms with Crippen LogP contribution in [-0.2, 0) is 5.75 Å². The van der Waals surface area contributed by atoms with E-state index in [1.54, 1.807) is 37.7 Å². The molecule has 0 unspecified atom stereocenters. The zero-order valence-corrected chi connectivity index (χ0v) is 19.0. The number of H-pyrrole nitrogens is 1. The van der Waals surface area contributed by atoms with Crippen LogP contribution in [0, 0.1) is 0 Å². The van der Waals surface area contributed by atoms with E-state index in [1.807, 2.05) is 41.0 Å². The van der Waals surface area contributed by atoms with Gasteiger partial charge < -0.3 is 9.72 Å². The molecule has 33 heavy (non-hydrogen) atoms. The van der Waals surface area contributed by atoms with Crippen LogP contribution in [-0.4, -0.2) is 36.8 Å². The second-order valence-corrected chi connectivity index (χ2v) is 8.42. The molecule has 3 aromatic heterocycles. The number of nitrogens with zero attached hydrogens (tertiary/aromatic N) is 5. The third kappa shape index (κ3) is 4.33. The van der Waals surface area contributed by atoms with E-state index in [4.69, 9.17) is 16.3 Å². The lowest BCUT2D eigenvalue weighted by molar-refractivity contribution is 0.414. The third-order valence-electron chi connectivity index (χ3n) is 4.96. The Bertz CT molecular complexity index is 1490. The van der Waals surface area contributed by atoms with Crippen molar-refractivity contribution in [1.29, 1.82) is 0 Å². The number of benzene rings is 2. The molecule has 0 amide bonds. The maximum atomic E-state index is 12.5. The molecule has 8 nitrogen and oxygen atoms in total. The fourth-order valence-corrected chi connectivity index (χ4v) is 4.37. The molecule has 0 fully saturated rings. The number of ether oxygens (including phenoxy) is 1. The number of rotatable bonds is 6. The number of hydrogen-bond donors (Lipinski definition) is 1. The summed E-state index contributed by atoms with van der Waals surface area (Å²) in [5, 5.41) is 10.5. The van der Waals surface area contributed by atoms with Crippen molar-refractivity contribution < 1.29 is 4.74 Å². The second-order valence-electron chi connectivity index (χ2n) is 7.04. The zero-order chi connectivity index (χ0) is 22.8. The number of halogens is 1. The fraction of sp³-hybridized carbons (Fsp3) is 0.0870. The highest BCUT2D eigenvalue weighted by Crippen LogP contribution is 2.30. The number of nitrogens with one attached hydrogen (secondary N) is 1. The van der Waals surface area contributed by atoms with Crippen molar-refractivity contribution in [3.8, 4) is 22.8 Å². The first kappa shape index (κ1) is 21.2. The first-order valence-electron chi connectivity index (χ1n) is 9.94. The first-order valence-corrected chi connectivity index (χ1v) is 11.3. The van der Waals surface area contributed by atoms with Gasteiger partial charge in [0.15, 0.2) is 11.0 Å². The number of pyridine rings is 1. The molecular formula is C23H17ClN6O2S. The molecule has 0 saturated carbocycles. The van der Waals surface area contributed by atoms with E-state index in [1.165, 1.54) is 11.8 Å². The molecule has 10 heteroatoms. The first-order chi connectivity index (χ1) is 16.1. The van der Waals surface area contributed by atoms with Crippen LogP contribution >= 0.6 is 23.4 Å². The van der Waals surface area contributed by atoms with Crippen LogP contribution in [0.4, 0.5) is 0 Å². The maximum absolute atomic E-state index is 12.5. The Labute approximate surface area is 197 Å². The topological polar surface area (TPSA) is 98.6 Å². The Hall–Kier alpha value is -3.69. The van der Waals surface area contributed by atoms with Crippen molar-refractivity contribution in [1.82, 2.24) is 29.7 Å². The summed E-state index contributed by atoms with van der Waals surface area (Å²) < 4.78 is 7.24. The normalized spacial score (nSPS) is 11.1. The summed E-state index contributed by atoms with van der Waals surface area (Å²) in [5.41, 5.74) is 2.10. The number of aromatic nitrogens is 6. The van der Waals surface area contributed by atoms with Gasteiger partial charge in [-0.25, -0.2) is 4.98 Å². The molecule has 0 saturated heterocycles. The molecule has 5 aromatic rings. The van der Waals surface area contributed by atoms with Gasteiger partial charge in [0, 0.05) is 28.7 Å². The molecule has 0 spiro atoms. The Kier molecular flexibility index (Phi) is 5.80. The van der Waals surface area contributed by atoms with E-state index < -0.39 is 0 Å². The molecule has 1 N–H and O–H groups in total. The van der Waals surface area contributed by atoms with Crippen LogP contribution in [0.5, 0.6) is 5.75 Å². The molecular weight excluding hydrogens is 460 g/mol. The van der Waals surface area contributed by atoms with Gasteiger partial charge in [-0.15, -0.1) is 10.2 Å². The quantitative estimate of drug-likeness (QED) is 0.360. The molecule has 0 radical (unpaired) electrons. The Morgan fingerprint density at radius 1 is 1.06 bits per heavy atom. The van der Waals surface area contributed by atoms with E-state index in [9.17, 15) is 4.79 Å². The highest BCUT2D eigenvalue weighted by Gasteiger charge is 2.17. The lowest BCUT2D eigenvalue weighted by Gasteiger charge is -2.11. The van der Waals surface area contributed by atoms with Crippen LogP contribution in [0.3, 0.4) is 0 Å². The van der Waals surface area contributed by atoms with Gasteiger partial charge in [-0.1, -0.05) is 23.4 Å². The van der Waals surface area contributed by atoms with Crippen molar-refractivity contribution in [2.75, 3.05) is 7.11 Å². The van der Waals surface area contributed by atoms with Crippen molar-refractivity contribution in [2.24, 2.45) is 0 Å². The van der Waals surface area contributed by atoms with Crippen LogP contribution < -0.4 is 10.3 Å². The van der Waals surface area contributed by atoms with Gasteiger partial charge in [0.25, 0.3) is 5.56 Å². The fourth-order valence-electron chi connectivity index (χ4n) is 3.38. The van der Waals surface area contributed by atoms with Gasteiger partial charge >= 0.3 is 0 Å². The lowest BCUT2D eigenvalue weighted by atomic mass is 10.2. The minimum Gasteiger partial charge on any atom is -0.497 e. The summed E-state index contributed by atoms with van der Waals surface area (Å²) in [4.78, 5) is 23.9. The average molecular weight is 477 g/mol. The van der Waals surface area contributed by atoms with Gasteiger partial charge in [-0.2, -0.15) is 0 Å². The lowest BCUT2D eigenvalue weighted by Crippen LogP contribution is -2.11. The zero-order valence-electron chi connectivity index (χ0n) is 17.4. The monoisotopic (exact) mass is 476 g/mol. The Balaban J connectivity index is 1.52. The van der Waals surface area contributed by atoms with E-state index >= 15 is 0 Å². The average Bonchev–Trinajstić information content (AvgIpc) is 3.27. The van der Waals surface area contributed by atoms with Gasteiger partial charge in [0.05, 0.1) is 23.8 Å². The van der Waals surface area contributed by atoms with Gasteiger partial charge in [-0.05, 0) is 54.6 Å². The van der Waals surface area contributed by atoms with Crippen LogP contribution in [0.25, 0.3) is 28.0 Å². The number of fused-ring (bicyclic) bond motifs is 1. The summed E-state index contributed by atoms with van der Waals surface area (Å²) in [5.74, 6) is 2.34. The predicted octanol–water partition coefficient (Wildman–Crippen LogP) is 4.52. The number of hydrogen-bond acceptors (Lipinski definition) is 7. The van der Waals surface area contributed by atoms with Gasteiger partial charge in [0.1, 0.15) is 11.6 Å².